The Balaban J connectivity index is 1.27. The lowest BCUT2D eigenvalue weighted by Gasteiger charge is -2.28. The zero-order valence-electron chi connectivity index (χ0n) is 21.6. The monoisotopic (exact) mass is 527 g/mol. The first kappa shape index (κ1) is 25.2. The topological polar surface area (TPSA) is 100 Å². The van der Waals surface area contributed by atoms with Gasteiger partial charge in [-0.3, -0.25) is 4.79 Å². The number of aromatic carboxylic acids is 1. The van der Waals surface area contributed by atoms with Crippen molar-refractivity contribution in [2.24, 2.45) is 0 Å². The molecule has 2 aromatic carbocycles. The summed E-state index contributed by atoms with van der Waals surface area (Å²) in [5.74, 6) is -0.987. The van der Waals surface area contributed by atoms with Crippen LogP contribution in [0.2, 0.25) is 0 Å². The van der Waals surface area contributed by atoms with Crippen LogP contribution in [0.1, 0.15) is 46.3 Å². The fourth-order valence-corrected chi connectivity index (χ4v) is 5.60. The highest BCUT2D eigenvalue weighted by atomic mass is 19.1. The number of pyridine rings is 1. The third-order valence-corrected chi connectivity index (χ3v) is 7.71. The van der Waals surface area contributed by atoms with Crippen LogP contribution >= 0.6 is 0 Å². The Hall–Kier alpha value is -4.11. The number of rotatable bonds is 7. The summed E-state index contributed by atoms with van der Waals surface area (Å²) in [6.07, 6.45) is 7.53. The van der Waals surface area contributed by atoms with Crippen molar-refractivity contribution in [1.29, 1.82) is 0 Å². The van der Waals surface area contributed by atoms with Gasteiger partial charge in [0.1, 0.15) is 11.7 Å². The molecule has 1 aliphatic heterocycles. The summed E-state index contributed by atoms with van der Waals surface area (Å²) >= 11 is 0. The highest BCUT2D eigenvalue weighted by Gasteiger charge is 2.20. The number of benzene rings is 2. The van der Waals surface area contributed by atoms with Gasteiger partial charge in [0.25, 0.3) is 0 Å². The minimum atomic E-state index is -1.29. The van der Waals surface area contributed by atoms with E-state index in [1.807, 2.05) is 36.4 Å². The van der Waals surface area contributed by atoms with Crippen molar-refractivity contribution >= 4 is 28.6 Å². The van der Waals surface area contributed by atoms with Crippen LogP contribution in [-0.2, 0) is 19.3 Å². The van der Waals surface area contributed by atoms with Gasteiger partial charge in [-0.15, -0.1) is 0 Å². The molecule has 0 saturated carbocycles. The number of nitrogens with zero attached hydrogens (tertiary/aromatic N) is 4. The Bertz CT molecular complexity index is 1600. The van der Waals surface area contributed by atoms with Crippen LogP contribution in [0.15, 0.2) is 59.7 Å². The second-order valence-electron chi connectivity index (χ2n) is 10.4. The normalized spacial score (nSPS) is 17.3. The number of piperidine rings is 1. The summed E-state index contributed by atoms with van der Waals surface area (Å²) in [5.41, 5.74) is 4.63. The van der Waals surface area contributed by atoms with Gasteiger partial charge < -0.3 is 19.9 Å². The zero-order valence-corrected chi connectivity index (χ0v) is 21.6. The van der Waals surface area contributed by atoms with Crippen molar-refractivity contribution in [1.82, 2.24) is 19.4 Å². The molecule has 39 heavy (non-hydrogen) atoms. The van der Waals surface area contributed by atoms with Crippen molar-refractivity contribution in [3.05, 3.63) is 87.3 Å². The van der Waals surface area contributed by atoms with Gasteiger partial charge in [-0.1, -0.05) is 18.2 Å². The summed E-state index contributed by atoms with van der Waals surface area (Å²) in [6.45, 7) is 2.30. The number of fused-ring (bicyclic) bond motifs is 2. The molecule has 8 nitrogen and oxygen atoms in total. The van der Waals surface area contributed by atoms with E-state index < -0.39 is 17.6 Å². The Labute approximate surface area is 225 Å². The molecular weight excluding hydrogens is 497 g/mol. The van der Waals surface area contributed by atoms with Crippen LogP contribution in [0.25, 0.3) is 16.7 Å². The number of hydrogen-bond acceptors (Lipinski definition) is 6. The lowest BCUT2D eigenvalue weighted by atomic mass is 10.1. The summed E-state index contributed by atoms with van der Waals surface area (Å²) in [7, 11) is 0. The SMILES string of the molecule is O=C(O)c1cn(-c2ccc3c(c2)CCC3)c2nc(Nc3ccc(CCN4CCCC(F)C4)cc3)ncc2c1=O. The number of hydrogen-bond donors (Lipinski definition) is 2. The van der Waals surface area contributed by atoms with Crippen molar-refractivity contribution in [2.75, 3.05) is 25.0 Å². The fraction of sp³-hybridized carbons (Fsp3) is 0.333. The van der Waals surface area contributed by atoms with Crippen molar-refractivity contribution in [2.45, 2.75) is 44.7 Å². The summed E-state index contributed by atoms with van der Waals surface area (Å²) < 4.78 is 15.3. The molecule has 1 aliphatic carbocycles. The van der Waals surface area contributed by atoms with Gasteiger partial charge in [0.2, 0.25) is 11.4 Å². The van der Waals surface area contributed by atoms with E-state index in [0.29, 0.717) is 24.6 Å². The van der Waals surface area contributed by atoms with Gasteiger partial charge in [0.15, 0.2) is 5.65 Å². The molecule has 2 N–H and O–H groups in total. The molecule has 2 aromatic heterocycles. The lowest BCUT2D eigenvalue weighted by molar-refractivity contribution is 0.0695. The lowest BCUT2D eigenvalue weighted by Crippen LogP contribution is -2.37. The average Bonchev–Trinajstić information content (AvgIpc) is 3.41. The maximum Gasteiger partial charge on any atom is 0.341 e. The Morgan fingerprint density at radius 2 is 1.92 bits per heavy atom. The van der Waals surface area contributed by atoms with E-state index in [1.165, 1.54) is 23.5 Å². The predicted octanol–water partition coefficient (Wildman–Crippen LogP) is 4.69. The second-order valence-corrected chi connectivity index (χ2v) is 10.4. The molecule has 1 fully saturated rings. The van der Waals surface area contributed by atoms with Crippen LogP contribution in [0.3, 0.4) is 0 Å². The molecule has 0 radical (unpaired) electrons. The van der Waals surface area contributed by atoms with Crippen LogP contribution in [-0.4, -0.2) is 56.3 Å². The fourth-order valence-electron chi connectivity index (χ4n) is 5.60. The van der Waals surface area contributed by atoms with Crippen molar-refractivity contribution in [3.8, 4) is 5.69 Å². The van der Waals surface area contributed by atoms with Gasteiger partial charge in [0.05, 0.1) is 5.39 Å². The van der Waals surface area contributed by atoms with E-state index in [4.69, 9.17) is 0 Å². The third kappa shape index (κ3) is 5.27. The molecule has 2 aliphatic rings. The van der Waals surface area contributed by atoms with E-state index in [-0.39, 0.29) is 10.9 Å². The van der Waals surface area contributed by atoms with Crippen molar-refractivity contribution in [3.63, 3.8) is 0 Å². The Kier molecular flexibility index (Phi) is 6.83. The highest BCUT2D eigenvalue weighted by molar-refractivity contribution is 5.92. The van der Waals surface area contributed by atoms with E-state index >= 15 is 0 Å². The van der Waals surface area contributed by atoms with Gasteiger partial charge >= 0.3 is 5.97 Å². The second kappa shape index (κ2) is 10.6. The molecule has 1 atom stereocenters. The standard InChI is InChI=1S/C30H30FN5O3/c31-22-5-2-13-35(17-22)14-12-19-6-9-23(10-7-19)33-30-32-16-25-27(37)26(29(38)39)18-36(28(25)34-30)24-11-8-20-3-1-4-21(20)15-24/h6-11,15-16,18,22H,1-5,12-14,17H2,(H,38,39)(H,32,33,34). The molecular formula is C30H30FN5O3. The number of alkyl halides is 1. The van der Waals surface area contributed by atoms with Crippen LogP contribution < -0.4 is 10.7 Å². The number of nitrogens with one attached hydrogen (secondary N) is 1. The molecule has 0 bridgehead atoms. The number of anilines is 2. The Morgan fingerprint density at radius 3 is 2.72 bits per heavy atom. The molecule has 3 heterocycles. The van der Waals surface area contributed by atoms with Gasteiger partial charge in [-0.2, -0.15) is 4.98 Å². The summed E-state index contributed by atoms with van der Waals surface area (Å²) in [4.78, 5) is 35.9. The highest BCUT2D eigenvalue weighted by Crippen LogP contribution is 2.26. The van der Waals surface area contributed by atoms with Gasteiger partial charge in [-0.05, 0) is 86.0 Å². The van der Waals surface area contributed by atoms with E-state index in [1.54, 1.807) is 4.57 Å². The molecule has 1 saturated heterocycles. The first-order valence-electron chi connectivity index (χ1n) is 13.4. The smallest absolute Gasteiger partial charge is 0.341 e. The number of carbonyl (C=O) groups is 1. The molecule has 6 rings (SSSR count). The van der Waals surface area contributed by atoms with Gasteiger partial charge in [0, 0.05) is 36.9 Å². The van der Waals surface area contributed by atoms with Crippen LogP contribution in [0, 0.1) is 0 Å². The Morgan fingerprint density at radius 1 is 1.10 bits per heavy atom. The van der Waals surface area contributed by atoms with Crippen LogP contribution in [0.5, 0.6) is 0 Å². The molecule has 4 aromatic rings. The van der Waals surface area contributed by atoms with Crippen molar-refractivity contribution < 1.29 is 14.3 Å². The number of halogens is 1. The number of carboxylic acids is 1. The largest absolute Gasteiger partial charge is 0.477 e. The average molecular weight is 528 g/mol. The van der Waals surface area contributed by atoms with Crippen LogP contribution in [0.4, 0.5) is 16.0 Å². The number of aromatic nitrogens is 3. The molecule has 1 unspecified atom stereocenters. The number of aryl methyl sites for hydroxylation is 2. The zero-order chi connectivity index (χ0) is 26.9. The first-order chi connectivity index (χ1) is 18.9. The maximum absolute atomic E-state index is 13.7. The molecule has 200 valence electrons. The summed E-state index contributed by atoms with van der Waals surface area (Å²) in [6, 6.07) is 14.0. The van der Waals surface area contributed by atoms with E-state index in [2.05, 4.69) is 26.3 Å². The minimum absolute atomic E-state index is 0.143. The minimum Gasteiger partial charge on any atom is -0.477 e. The third-order valence-electron chi connectivity index (χ3n) is 7.71. The molecule has 9 heteroatoms. The van der Waals surface area contributed by atoms with E-state index in [9.17, 15) is 19.1 Å². The number of carboxylic acid groups (broad SMARTS) is 1. The van der Waals surface area contributed by atoms with Gasteiger partial charge in [-0.25, -0.2) is 14.2 Å². The maximum atomic E-state index is 13.7. The summed E-state index contributed by atoms with van der Waals surface area (Å²) in [5, 5.41) is 13.0. The molecule has 0 amide bonds. The first-order valence-corrected chi connectivity index (χ1v) is 13.4. The quantitative estimate of drug-likeness (QED) is 0.360. The molecule has 0 spiro atoms. The van der Waals surface area contributed by atoms with E-state index in [0.717, 1.165) is 62.1 Å². The number of likely N-dealkylation sites (tertiary alicyclic amines) is 1. The predicted molar refractivity (Wildman–Crippen MR) is 148 cm³/mol.